The van der Waals surface area contributed by atoms with Crippen LogP contribution in [0, 0.1) is 0 Å². The highest BCUT2D eigenvalue weighted by Crippen LogP contribution is 2.04. The Morgan fingerprint density at radius 3 is 2.88 bits per heavy atom. The quantitative estimate of drug-likeness (QED) is 0.557. The fourth-order valence-electron chi connectivity index (χ4n) is 0.254. The maximum Gasteiger partial charge on any atom is 0.265 e. The number of carbonyl (C=O) groups is 1. The van der Waals surface area contributed by atoms with Crippen LogP contribution in [0.1, 0.15) is 9.67 Å². The molecule has 1 heterocycles. The van der Waals surface area contributed by atoms with Crippen molar-refractivity contribution in [3.8, 4) is 0 Å². The molecule has 0 fully saturated rings. The monoisotopic (exact) mass is 148 g/mol. The summed E-state index contributed by atoms with van der Waals surface area (Å²) < 4.78 is 3.43. The van der Waals surface area contributed by atoms with Crippen LogP contribution in [0.3, 0.4) is 0 Å². The van der Waals surface area contributed by atoms with Gasteiger partial charge in [0.1, 0.15) is 4.88 Å². The van der Waals surface area contributed by atoms with Gasteiger partial charge in [-0.1, -0.05) is 4.49 Å². The SMILES string of the molecule is O=C(Cl)c1cnns1. The number of nitrogens with zero attached hydrogens (tertiary/aromatic N) is 2. The van der Waals surface area contributed by atoms with E-state index >= 15 is 0 Å². The molecule has 0 aliphatic heterocycles. The highest BCUT2D eigenvalue weighted by molar-refractivity contribution is 7.10. The molecule has 0 unspecified atom stereocenters. The fourth-order valence-corrected chi connectivity index (χ4v) is 0.754. The van der Waals surface area contributed by atoms with Gasteiger partial charge < -0.3 is 0 Å². The van der Waals surface area contributed by atoms with Crippen LogP contribution in [0.2, 0.25) is 0 Å². The molecule has 0 saturated heterocycles. The summed E-state index contributed by atoms with van der Waals surface area (Å²) in [5.74, 6) is 0. The second-order valence-corrected chi connectivity index (χ2v) is 2.18. The number of hydrogen-bond acceptors (Lipinski definition) is 4. The second kappa shape index (κ2) is 2.19. The van der Waals surface area contributed by atoms with E-state index in [2.05, 4.69) is 9.59 Å². The highest BCUT2D eigenvalue weighted by Gasteiger charge is 2.01. The molecule has 0 aliphatic carbocycles. The topological polar surface area (TPSA) is 42.9 Å². The lowest BCUT2D eigenvalue weighted by atomic mass is 10.6. The average Bonchev–Trinajstić information content (AvgIpc) is 2.12. The molecule has 3 nitrogen and oxygen atoms in total. The molecule has 0 spiro atoms. The van der Waals surface area contributed by atoms with E-state index in [1.165, 1.54) is 6.20 Å². The van der Waals surface area contributed by atoms with E-state index in [0.717, 1.165) is 11.5 Å². The van der Waals surface area contributed by atoms with Crippen molar-refractivity contribution in [2.24, 2.45) is 0 Å². The first kappa shape index (κ1) is 5.65. The Balaban J connectivity index is 2.93. The van der Waals surface area contributed by atoms with Crippen molar-refractivity contribution in [3.63, 3.8) is 0 Å². The molecule has 0 saturated carbocycles. The van der Waals surface area contributed by atoms with E-state index < -0.39 is 5.24 Å². The molecule has 8 heavy (non-hydrogen) atoms. The van der Waals surface area contributed by atoms with E-state index in [1.807, 2.05) is 0 Å². The lowest BCUT2D eigenvalue weighted by Crippen LogP contribution is -1.78. The van der Waals surface area contributed by atoms with E-state index in [1.54, 1.807) is 0 Å². The Hall–Kier alpha value is -0.480. The van der Waals surface area contributed by atoms with Gasteiger partial charge in [0.05, 0.1) is 6.20 Å². The van der Waals surface area contributed by atoms with Gasteiger partial charge in [0.25, 0.3) is 5.24 Å². The van der Waals surface area contributed by atoms with Crippen LogP contribution in [-0.4, -0.2) is 14.8 Å². The van der Waals surface area contributed by atoms with E-state index in [9.17, 15) is 4.79 Å². The van der Waals surface area contributed by atoms with Gasteiger partial charge in [-0.3, -0.25) is 4.79 Å². The molecular formula is C3HClN2OS. The maximum absolute atomic E-state index is 10.2. The van der Waals surface area contributed by atoms with E-state index in [-0.39, 0.29) is 0 Å². The third kappa shape index (κ3) is 1.02. The van der Waals surface area contributed by atoms with Gasteiger partial charge >= 0.3 is 0 Å². The van der Waals surface area contributed by atoms with Crippen molar-refractivity contribution < 1.29 is 4.79 Å². The Labute approximate surface area is 54.5 Å². The lowest BCUT2D eigenvalue weighted by Gasteiger charge is -1.72. The Morgan fingerprint density at radius 1 is 1.88 bits per heavy atom. The molecule has 0 aliphatic rings. The van der Waals surface area contributed by atoms with Gasteiger partial charge in [-0.15, -0.1) is 5.10 Å². The first-order chi connectivity index (χ1) is 3.80. The molecular weight excluding hydrogens is 148 g/mol. The molecule has 1 aromatic rings. The molecule has 1 rings (SSSR count). The standard InChI is InChI=1S/C3HClN2OS/c4-3(7)2-1-5-6-8-2/h1H. The Morgan fingerprint density at radius 2 is 2.62 bits per heavy atom. The zero-order chi connectivity index (χ0) is 5.98. The van der Waals surface area contributed by atoms with Crippen molar-refractivity contribution in [1.29, 1.82) is 0 Å². The molecule has 0 amide bonds. The van der Waals surface area contributed by atoms with Crippen LogP contribution in [0.15, 0.2) is 6.20 Å². The van der Waals surface area contributed by atoms with Gasteiger partial charge in [0.2, 0.25) is 0 Å². The molecule has 0 radical (unpaired) electrons. The van der Waals surface area contributed by atoms with Crippen molar-refractivity contribution in [1.82, 2.24) is 9.59 Å². The van der Waals surface area contributed by atoms with Crippen LogP contribution < -0.4 is 0 Å². The first-order valence-electron chi connectivity index (χ1n) is 1.78. The second-order valence-electron chi connectivity index (χ2n) is 1.06. The summed E-state index contributed by atoms with van der Waals surface area (Å²) in [5.41, 5.74) is 0. The highest BCUT2D eigenvalue weighted by atomic mass is 35.5. The summed E-state index contributed by atoms with van der Waals surface area (Å²) in [6, 6.07) is 0. The van der Waals surface area contributed by atoms with E-state index in [0.29, 0.717) is 4.88 Å². The molecule has 0 N–H and O–H groups in total. The minimum Gasteiger partial charge on any atom is -0.275 e. The molecule has 5 heteroatoms. The largest absolute Gasteiger partial charge is 0.275 e. The van der Waals surface area contributed by atoms with Crippen LogP contribution in [-0.2, 0) is 0 Å². The molecule has 0 atom stereocenters. The zero-order valence-electron chi connectivity index (χ0n) is 3.67. The van der Waals surface area contributed by atoms with Crippen LogP contribution >= 0.6 is 23.1 Å². The van der Waals surface area contributed by atoms with Gasteiger partial charge in [0.15, 0.2) is 0 Å². The van der Waals surface area contributed by atoms with Crippen molar-refractivity contribution in [2.45, 2.75) is 0 Å². The maximum atomic E-state index is 10.2. The van der Waals surface area contributed by atoms with Gasteiger partial charge in [-0.2, -0.15) is 0 Å². The predicted molar refractivity (Wildman–Crippen MR) is 30.1 cm³/mol. The summed E-state index contributed by atoms with van der Waals surface area (Å²) in [4.78, 5) is 10.6. The fraction of sp³-hybridized carbons (Fsp3) is 0. The Kier molecular flexibility index (Phi) is 1.55. The van der Waals surface area contributed by atoms with Crippen LogP contribution in [0.5, 0.6) is 0 Å². The lowest BCUT2D eigenvalue weighted by molar-refractivity contribution is 0.108. The van der Waals surface area contributed by atoms with Gasteiger partial charge in [-0.25, -0.2) is 0 Å². The molecule has 1 aromatic heterocycles. The van der Waals surface area contributed by atoms with Crippen LogP contribution in [0.25, 0.3) is 0 Å². The molecule has 0 bridgehead atoms. The Bertz CT molecular complexity index is 185. The normalized spacial score (nSPS) is 9.12. The number of halogens is 1. The number of aromatic nitrogens is 2. The summed E-state index contributed by atoms with van der Waals surface area (Å²) in [6.07, 6.45) is 1.33. The first-order valence-corrected chi connectivity index (χ1v) is 2.93. The predicted octanol–water partition coefficient (Wildman–Crippen LogP) is 0.917. The third-order valence-corrected chi connectivity index (χ3v) is 1.53. The molecule has 0 aromatic carbocycles. The summed E-state index contributed by atoms with van der Waals surface area (Å²) >= 11 is 6.02. The number of carbonyl (C=O) groups excluding carboxylic acids is 1. The average molecular weight is 149 g/mol. The van der Waals surface area contributed by atoms with Crippen molar-refractivity contribution in [2.75, 3.05) is 0 Å². The summed E-state index contributed by atoms with van der Waals surface area (Å²) in [6.45, 7) is 0. The summed E-state index contributed by atoms with van der Waals surface area (Å²) in [5, 5.41) is 2.91. The minimum atomic E-state index is -0.500. The van der Waals surface area contributed by atoms with Gasteiger partial charge in [0, 0.05) is 0 Å². The minimum absolute atomic E-state index is 0.381. The number of hydrogen-bond donors (Lipinski definition) is 0. The van der Waals surface area contributed by atoms with Crippen molar-refractivity contribution >= 4 is 28.4 Å². The zero-order valence-corrected chi connectivity index (χ0v) is 5.24. The van der Waals surface area contributed by atoms with Crippen LogP contribution in [0.4, 0.5) is 0 Å². The van der Waals surface area contributed by atoms with E-state index in [4.69, 9.17) is 11.6 Å². The van der Waals surface area contributed by atoms with Gasteiger partial charge in [-0.05, 0) is 23.1 Å². The summed E-state index contributed by atoms with van der Waals surface area (Å²) in [7, 11) is 0. The third-order valence-electron chi connectivity index (χ3n) is 0.555. The molecule has 42 valence electrons. The van der Waals surface area contributed by atoms with Crippen molar-refractivity contribution in [3.05, 3.63) is 11.1 Å². The smallest absolute Gasteiger partial charge is 0.265 e. The number of rotatable bonds is 1.